The van der Waals surface area contributed by atoms with Crippen molar-refractivity contribution in [3.63, 3.8) is 0 Å². The average Bonchev–Trinajstić information content (AvgIpc) is 2.99. The second kappa shape index (κ2) is 3.89. The van der Waals surface area contributed by atoms with Crippen molar-refractivity contribution in [1.82, 2.24) is 0 Å². The molecule has 1 aliphatic carbocycles. The first kappa shape index (κ1) is 10.6. The molecule has 1 aromatic rings. The Labute approximate surface area is 87.7 Å². The van der Waals surface area contributed by atoms with Crippen LogP contribution in [-0.2, 0) is 0 Å². The lowest BCUT2D eigenvalue weighted by atomic mass is 9.93. The van der Waals surface area contributed by atoms with Gasteiger partial charge >= 0.3 is 0 Å². The molecule has 0 amide bonds. The molecule has 0 aliphatic heterocycles. The van der Waals surface area contributed by atoms with Crippen molar-refractivity contribution < 1.29 is 13.9 Å². The number of benzene rings is 1. The van der Waals surface area contributed by atoms with Crippen molar-refractivity contribution in [1.29, 1.82) is 0 Å². The zero-order chi connectivity index (χ0) is 11.0. The van der Waals surface area contributed by atoms with Gasteiger partial charge in [-0.15, -0.1) is 0 Å². The van der Waals surface area contributed by atoms with E-state index in [-0.39, 0.29) is 11.5 Å². The molecule has 0 radical (unpaired) electrons. The van der Waals surface area contributed by atoms with E-state index < -0.39 is 17.7 Å². The van der Waals surface area contributed by atoms with E-state index in [1.165, 1.54) is 12.1 Å². The molecule has 3 heteroatoms. The first-order valence-electron chi connectivity index (χ1n) is 5.22. The van der Waals surface area contributed by atoms with Crippen LogP contribution in [0.25, 0.3) is 0 Å². The highest BCUT2D eigenvalue weighted by molar-refractivity contribution is 5.21. The predicted octanol–water partition coefficient (Wildman–Crippen LogP) is 3.04. The molecule has 1 aromatic carbocycles. The van der Waals surface area contributed by atoms with E-state index in [1.807, 2.05) is 6.92 Å². The van der Waals surface area contributed by atoms with Gasteiger partial charge in [-0.1, -0.05) is 13.0 Å². The zero-order valence-corrected chi connectivity index (χ0v) is 8.58. The summed E-state index contributed by atoms with van der Waals surface area (Å²) in [5, 5.41) is 9.91. The SMILES string of the molecule is CC(C1CC1)C(O)c1ccc(F)cc1F. The molecule has 1 aliphatic rings. The molecule has 1 nitrogen and oxygen atoms in total. The Morgan fingerprint density at radius 1 is 1.33 bits per heavy atom. The predicted molar refractivity (Wildman–Crippen MR) is 53.2 cm³/mol. The monoisotopic (exact) mass is 212 g/mol. The minimum absolute atomic E-state index is 0.0463. The molecule has 1 fully saturated rings. The van der Waals surface area contributed by atoms with Crippen LogP contribution in [0.15, 0.2) is 18.2 Å². The fraction of sp³-hybridized carbons (Fsp3) is 0.500. The third-order valence-corrected chi connectivity index (χ3v) is 3.14. The molecular weight excluding hydrogens is 198 g/mol. The molecule has 1 saturated carbocycles. The molecule has 0 spiro atoms. The number of aliphatic hydroxyl groups is 1. The molecular formula is C12H14F2O. The summed E-state index contributed by atoms with van der Waals surface area (Å²) in [4.78, 5) is 0. The lowest BCUT2D eigenvalue weighted by Crippen LogP contribution is -2.12. The number of rotatable bonds is 3. The van der Waals surface area contributed by atoms with Crippen LogP contribution in [0.2, 0.25) is 0 Å². The number of halogens is 2. The normalized spacial score (nSPS) is 20.0. The van der Waals surface area contributed by atoms with Crippen LogP contribution in [0.4, 0.5) is 8.78 Å². The van der Waals surface area contributed by atoms with Gasteiger partial charge in [-0.05, 0) is 30.7 Å². The standard InChI is InChI=1S/C12H14F2O/c1-7(8-2-3-8)12(15)10-5-4-9(13)6-11(10)14/h4-8,12,15H,2-3H2,1H3. The quantitative estimate of drug-likeness (QED) is 0.816. The van der Waals surface area contributed by atoms with Crippen molar-refractivity contribution >= 4 is 0 Å². The van der Waals surface area contributed by atoms with Gasteiger partial charge in [0.15, 0.2) is 0 Å². The van der Waals surface area contributed by atoms with E-state index in [0.717, 1.165) is 18.9 Å². The van der Waals surface area contributed by atoms with Gasteiger partial charge in [-0.2, -0.15) is 0 Å². The second-order valence-corrected chi connectivity index (χ2v) is 4.31. The highest BCUT2D eigenvalue weighted by atomic mass is 19.1. The van der Waals surface area contributed by atoms with Crippen molar-refractivity contribution in [3.8, 4) is 0 Å². The fourth-order valence-electron chi connectivity index (χ4n) is 1.90. The van der Waals surface area contributed by atoms with Crippen molar-refractivity contribution in [3.05, 3.63) is 35.4 Å². The summed E-state index contributed by atoms with van der Waals surface area (Å²) in [7, 11) is 0. The molecule has 82 valence electrons. The summed E-state index contributed by atoms with van der Waals surface area (Å²) in [6, 6.07) is 3.33. The molecule has 15 heavy (non-hydrogen) atoms. The maximum atomic E-state index is 13.3. The summed E-state index contributed by atoms with van der Waals surface area (Å²) in [6.45, 7) is 1.91. The molecule has 2 atom stereocenters. The van der Waals surface area contributed by atoms with Crippen molar-refractivity contribution in [2.75, 3.05) is 0 Å². The zero-order valence-electron chi connectivity index (χ0n) is 8.58. The maximum absolute atomic E-state index is 13.3. The number of aliphatic hydroxyl groups excluding tert-OH is 1. The van der Waals surface area contributed by atoms with E-state index in [2.05, 4.69) is 0 Å². The van der Waals surface area contributed by atoms with Gasteiger partial charge in [0.05, 0.1) is 6.10 Å². The lowest BCUT2D eigenvalue weighted by molar-refractivity contribution is 0.102. The van der Waals surface area contributed by atoms with Crippen LogP contribution in [0.3, 0.4) is 0 Å². The number of hydrogen-bond donors (Lipinski definition) is 1. The molecule has 0 aromatic heterocycles. The molecule has 2 unspecified atom stereocenters. The van der Waals surface area contributed by atoms with Crippen LogP contribution in [0, 0.1) is 23.5 Å². The van der Waals surface area contributed by atoms with E-state index in [1.54, 1.807) is 0 Å². The minimum Gasteiger partial charge on any atom is -0.388 e. The van der Waals surface area contributed by atoms with E-state index >= 15 is 0 Å². The van der Waals surface area contributed by atoms with Crippen molar-refractivity contribution in [2.24, 2.45) is 11.8 Å². The lowest BCUT2D eigenvalue weighted by Gasteiger charge is -2.19. The average molecular weight is 212 g/mol. The van der Waals surface area contributed by atoms with Gasteiger partial charge in [-0.25, -0.2) is 8.78 Å². The largest absolute Gasteiger partial charge is 0.388 e. The highest BCUT2D eigenvalue weighted by Gasteiger charge is 2.34. The smallest absolute Gasteiger partial charge is 0.131 e. The van der Waals surface area contributed by atoms with Crippen LogP contribution >= 0.6 is 0 Å². The minimum atomic E-state index is -0.821. The summed E-state index contributed by atoms with van der Waals surface area (Å²) < 4.78 is 26.0. The number of hydrogen-bond acceptors (Lipinski definition) is 1. The first-order chi connectivity index (χ1) is 7.09. The van der Waals surface area contributed by atoms with E-state index in [9.17, 15) is 13.9 Å². The first-order valence-corrected chi connectivity index (χ1v) is 5.22. The molecule has 1 N–H and O–H groups in total. The van der Waals surface area contributed by atoms with E-state index in [0.29, 0.717) is 5.92 Å². The summed E-state index contributed by atoms with van der Waals surface area (Å²) in [5.41, 5.74) is 0.204. The van der Waals surface area contributed by atoms with Gasteiger partial charge < -0.3 is 5.11 Å². The van der Waals surface area contributed by atoms with Gasteiger partial charge in [0.2, 0.25) is 0 Å². The summed E-state index contributed by atoms with van der Waals surface area (Å²) in [6.07, 6.45) is 1.38. The van der Waals surface area contributed by atoms with Gasteiger partial charge in [0, 0.05) is 11.6 Å². The third-order valence-electron chi connectivity index (χ3n) is 3.14. The topological polar surface area (TPSA) is 20.2 Å². The molecule has 0 heterocycles. The van der Waals surface area contributed by atoms with Crippen LogP contribution in [0.1, 0.15) is 31.4 Å². The maximum Gasteiger partial charge on any atom is 0.131 e. The Bertz CT molecular complexity index is 361. The molecule has 0 saturated heterocycles. The molecule has 0 bridgehead atoms. The van der Waals surface area contributed by atoms with Gasteiger partial charge in [-0.3, -0.25) is 0 Å². The summed E-state index contributed by atoms with van der Waals surface area (Å²) in [5.74, 6) is -0.730. The Balaban J connectivity index is 2.20. The van der Waals surface area contributed by atoms with E-state index in [4.69, 9.17) is 0 Å². The Morgan fingerprint density at radius 3 is 2.53 bits per heavy atom. The Hall–Kier alpha value is -0.960. The second-order valence-electron chi connectivity index (χ2n) is 4.31. The Kier molecular flexibility index (Phi) is 2.74. The van der Waals surface area contributed by atoms with Crippen LogP contribution in [0.5, 0.6) is 0 Å². The van der Waals surface area contributed by atoms with Crippen LogP contribution in [-0.4, -0.2) is 5.11 Å². The van der Waals surface area contributed by atoms with Crippen LogP contribution < -0.4 is 0 Å². The third kappa shape index (κ3) is 2.17. The summed E-state index contributed by atoms with van der Waals surface area (Å²) >= 11 is 0. The fourth-order valence-corrected chi connectivity index (χ4v) is 1.90. The molecule has 2 rings (SSSR count). The highest BCUT2D eigenvalue weighted by Crippen LogP contribution is 2.42. The van der Waals surface area contributed by atoms with Gasteiger partial charge in [0.25, 0.3) is 0 Å². The van der Waals surface area contributed by atoms with Gasteiger partial charge in [0.1, 0.15) is 11.6 Å². The Morgan fingerprint density at radius 2 is 2.00 bits per heavy atom. The van der Waals surface area contributed by atoms with Crippen molar-refractivity contribution in [2.45, 2.75) is 25.9 Å².